The molecule has 1 atom stereocenters. The van der Waals surface area contributed by atoms with E-state index in [1.807, 2.05) is 6.92 Å². The van der Waals surface area contributed by atoms with Crippen LogP contribution >= 0.6 is 0 Å². The van der Waals surface area contributed by atoms with E-state index in [1.165, 1.54) is 16.8 Å². The molecule has 96 valence electrons. The van der Waals surface area contributed by atoms with E-state index in [4.69, 9.17) is 5.26 Å². The van der Waals surface area contributed by atoms with E-state index in [0.29, 0.717) is 0 Å². The second kappa shape index (κ2) is 5.41. The predicted molar refractivity (Wildman–Crippen MR) is 74.8 cm³/mol. The summed E-state index contributed by atoms with van der Waals surface area (Å²) in [6.45, 7) is 10.3. The summed E-state index contributed by atoms with van der Waals surface area (Å²) >= 11 is 0. The minimum atomic E-state index is 0.0331. The molecule has 18 heavy (non-hydrogen) atoms. The van der Waals surface area contributed by atoms with Crippen molar-refractivity contribution in [3.63, 3.8) is 0 Å². The van der Waals surface area contributed by atoms with E-state index in [9.17, 15) is 0 Å². The summed E-state index contributed by atoms with van der Waals surface area (Å²) in [5, 5.41) is 8.95. The van der Waals surface area contributed by atoms with Gasteiger partial charge in [-0.25, -0.2) is 0 Å². The Morgan fingerprint density at radius 2 is 1.83 bits per heavy atom. The van der Waals surface area contributed by atoms with E-state index < -0.39 is 0 Å². The van der Waals surface area contributed by atoms with Crippen molar-refractivity contribution in [3.8, 4) is 6.07 Å². The molecule has 0 aromatic heterocycles. The van der Waals surface area contributed by atoms with Crippen LogP contribution in [0.15, 0.2) is 18.2 Å². The molecule has 2 rings (SSSR count). The average molecular weight is 243 g/mol. The molecule has 0 N–H and O–H groups in total. The Bertz CT molecular complexity index is 453. The highest BCUT2D eigenvalue weighted by Gasteiger charge is 2.21. The Morgan fingerprint density at radius 3 is 2.44 bits per heavy atom. The number of hydrogen-bond acceptors (Lipinski definition) is 3. The fraction of sp³-hybridized carbons (Fsp3) is 0.533. The summed E-state index contributed by atoms with van der Waals surface area (Å²) in [6.07, 6.45) is 0. The Labute approximate surface area is 110 Å². The van der Waals surface area contributed by atoms with Crippen LogP contribution in [0.5, 0.6) is 0 Å². The first-order chi connectivity index (χ1) is 8.61. The highest BCUT2D eigenvalue weighted by atomic mass is 15.3. The third-order valence-electron chi connectivity index (χ3n) is 3.75. The zero-order valence-electron chi connectivity index (χ0n) is 11.5. The summed E-state index contributed by atoms with van der Waals surface area (Å²) < 4.78 is 0. The van der Waals surface area contributed by atoms with Gasteiger partial charge in [0.2, 0.25) is 0 Å². The first-order valence-corrected chi connectivity index (χ1v) is 6.57. The molecule has 0 amide bonds. The van der Waals surface area contributed by atoms with Crippen LogP contribution in [0.1, 0.15) is 18.1 Å². The van der Waals surface area contributed by atoms with E-state index in [2.05, 4.69) is 47.9 Å². The molecule has 1 fully saturated rings. The Hall–Kier alpha value is -1.53. The van der Waals surface area contributed by atoms with Crippen LogP contribution in [0.25, 0.3) is 0 Å². The van der Waals surface area contributed by atoms with Gasteiger partial charge < -0.3 is 4.90 Å². The summed E-state index contributed by atoms with van der Waals surface area (Å²) in [7, 11) is 0. The van der Waals surface area contributed by atoms with Crippen molar-refractivity contribution in [1.82, 2.24) is 4.90 Å². The number of aryl methyl sites for hydroxylation is 2. The third kappa shape index (κ3) is 2.65. The molecule has 1 saturated heterocycles. The molecule has 3 nitrogen and oxygen atoms in total. The van der Waals surface area contributed by atoms with Crippen molar-refractivity contribution >= 4 is 5.69 Å². The molecule has 3 heteroatoms. The predicted octanol–water partition coefficient (Wildman–Crippen LogP) is 2.34. The minimum absolute atomic E-state index is 0.0331. The molecule has 1 aromatic carbocycles. The highest BCUT2D eigenvalue weighted by molar-refractivity contribution is 5.55. The number of anilines is 1. The number of hydrogen-bond donors (Lipinski definition) is 0. The van der Waals surface area contributed by atoms with Crippen molar-refractivity contribution in [2.24, 2.45) is 0 Å². The molecule has 1 aromatic rings. The fourth-order valence-corrected chi connectivity index (χ4v) is 2.49. The van der Waals surface area contributed by atoms with E-state index in [1.54, 1.807) is 0 Å². The molecule has 1 heterocycles. The Balaban J connectivity index is 2.06. The van der Waals surface area contributed by atoms with E-state index in [-0.39, 0.29) is 6.04 Å². The molecule has 1 unspecified atom stereocenters. The molecule has 0 bridgehead atoms. The zero-order valence-corrected chi connectivity index (χ0v) is 11.5. The standard InChI is InChI=1S/C15H21N3/c1-12-4-5-13(2)15(10-12)18-8-6-17(7-9-18)14(3)11-16/h4-5,10,14H,6-9H2,1-3H3. The maximum absolute atomic E-state index is 8.95. The van der Waals surface area contributed by atoms with Gasteiger partial charge in [-0.2, -0.15) is 5.26 Å². The molecule has 1 aliphatic rings. The van der Waals surface area contributed by atoms with E-state index >= 15 is 0 Å². The molecular weight excluding hydrogens is 222 g/mol. The lowest BCUT2D eigenvalue weighted by atomic mass is 10.1. The van der Waals surface area contributed by atoms with Crippen LogP contribution in [0, 0.1) is 25.2 Å². The summed E-state index contributed by atoms with van der Waals surface area (Å²) in [4.78, 5) is 4.69. The van der Waals surface area contributed by atoms with Gasteiger partial charge in [0.05, 0.1) is 12.1 Å². The molecular formula is C15H21N3. The highest BCUT2D eigenvalue weighted by Crippen LogP contribution is 2.23. The van der Waals surface area contributed by atoms with Gasteiger partial charge >= 0.3 is 0 Å². The largest absolute Gasteiger partial charge is 0.369 e. The quantitative estimate of drug-likeness (QED) is 0.798. The van der Waals surface area contributed by atoms with Crippen molar-refractivity contribution in [2.75, 3.05) is 31.1 Å². The Kier molecular flexibility index (Phi) is 3.88. The van der Waals surface area contributed by atoms with Gasteiger partial charge in [-0.15, -0.1) is 0 Å². The van der Waals surface area contributed by atoms with Gasteiger partial charge in [-0.3, -0.25) is 4.90 Å². The first kappa shape index (κ1) is 12.9. The molecule has 0 aliphatic carbocycles. The summed E-state index contributed by atoms with van der Waals surface area (Å²) in [5.74, 6) is 0. The second-order valence-electron chi connectivity index (χ2n) is 5.12. The topological polar surface area (TPSA) is 30.3 Å². The second-order valence-corrected chi connectivity index (χ2v) is 5.12. The third-order valence-corrected chi connectivity index (χ3v) is 3.75. The minimum Gasteiger partial charge on any atom is -0.369 e. The van der Waals surface area contributed by atoms with Gasteiger partial charge in [0.1, 0.15) is 0 Å². The zero-order chi connectivity index (χ0) is 13.1. The SMILES string of the molecule is Cc1ccc(C)c(N2CCN(C(C)C#N)CC2)c1. The smallest absolute Gasteiger partial charge is 0.0950 e. The van der Waals surface area contributed by atoms with Crippen molar-refractivity contribution < 1.29 is 0 Å². The normalized spacial score (nSPS) is 18.4. The monoisotopic (exact) mass is 243 g/mol. The van der Waals surface area contributed by atoms with Crippen LogP contribution in [0.4, 0.5) is 5.69 Å². The Morgan fingerprint density at radius 1 is 1.17 bits per heavy atom. The number of rotatable bonds is 2. The number of nitrogens with zero attached hydrogens (tertiary/aromatic N) is 3. The maximum Gasteiger partial charge on any atom is 0.0950 e. The van der Waals surface area contributed by atoms with Gasteiger partial charge in [-0.05, 0) is 38.0 Å². The molecule has 0 spiro atoms. The number of piperazine rings is 1. The van der Waals surface area contributed by atoms with Gasteiger partial charge in [0.15, 0.2) is 0 Å². The van der Waals surface area contributed by atoms with Crippen molar-refractivity contribution in [2.45, 2.75) is 26.8 Å². The van der Waals surface area contributed by atoms with Crippen LogP contribution in [-0.2, 0) is 0 Å². The number of benzene rings is 1. The fourth-order valence-electron chi connectivity index (χ4n) is 2.49. The van der Waals surface area contributed by atoms with Crippen molar-refractivity contribution in [3.05, 3.63) is 29.3 Å². The molecule has 0 radical (unpaired) electrons. The first-order valence-electron chi connectivity index (χ1n) is 6.57. The lowest BCUT2D eigenvalue weighted by Gasteiger charge is -2.37. The van der Waals surface area contributed by atoms with Gasteiger partial charge in [-0.1, -0.05) is 12.1 Å². The average Bonchev–Trinajstić information content (AvgIpc) is 2.41. The molecule has 0 saturated carbocycles. The van der Waals surface area contributed by atoms with E-state index in [0.717, 1.165) is 26.2 Å². The van der Waals surface area contributed by atoms with Crippen LogP contribution in [0.2, 0.25) is 0 Å². The summed E-state index contributed by atoms with van der Waals surface area (Å²) in [6, 6.07) is 8.96. The van der Waals surface area contributed by atoms with Crippen molar-refractivity contribution in [1.29, 1.82) is 5.26 Å². The van der Waals surface area contributed by atoms with Crippen LogP contribution < -0.4 is 4.90 Å². The lowest BCUT2D eigenvalue weighted by molar-refractivity contribution is 0.231. The number of nitriles is 1. The lowest BCUT2D eigenvalue weighted by Crippen LogP contribution is -2.49. The van der Waals surface area contributed by atoms with Gasteiger partial charge in [0, 0.05) is 31.9 Å². The molecule has 1 aliphatic heterocycles. The van der Waals surface area contributed by atoms with Crippen LogP contribution in [-0.4, -0.2) is 37.1 Å². The maximum atomic E-state index is 8.95. The van der Waals surface area contributed by atoms with Gasteiger partial charge in [0.25, 0.3) is 0 Å². The van der Waals surface area contributed by atoms with Crippen LogP contribution in [0.3, 0.4) is 0 Å². The summed E-state index contributed by atoms with van der Waals surface area (Å²) in [5.41, 5.74) is 3.99.